The molecule has 1 amide bonds. The average Bonchev–Trinajstić information content (AvgIpc) is 3.09. The molecule has 0 spiro atoms. The summed E-state index contributed by atoms with van der Waals surface area (Å²) in [6.45, 7) is 3.71. The number of aromatic nitrogens is 1. The molecule has 1 aromatic carbocycles. The highest BCUT2D eigenvalue weighted by Crippen LogP contribution is 2.33. The molecule has 1 fully saturated rings. The minimum Gasteiger partial charge on any atom is -0.366 e. The van der Waals surface area contributed by atoms with Gasteiger partial charge < -0.3 is 19.1 Å². The summed E-state index contributed by atoms with van der Waals surface area (Å²) >= 11 is 0. The topological polar surface area (TPSA) is 37.7 Å². The van der Waals surface area contributed by atoms with Gasteiger partial charge in [-0.3, -0.25) is 4.79 Å². The predicted octanol–water partition coefficient (Wildman–Crippen LogP) is 1.75. The molecule has 0 radical (unpaired) electrons. The fourth-order valence-corrected chi connectivity index (χ4v) is 3.72. The zero-order chi connectivity index (χ0) is 16.5. The van der Waals surface area contributed by atoms with Crippen molar-refractivity contribution in [3.8, 4) is 0 Å². The van der Waals surface area contributed by atoms with Crippen molar-refractivity contribution in [2.45, 2.75) is 18.7 Å². The Bertz CT molecular complexity index is 712. The van der Waals surface area contributed by atoms with Gasteiger partial charge in [-0.25, -0.2) is 0 Å². The maximum absolute atomic E-state index is 13.2. The summed E-state index contributed by atoms with van der Waals surface area (Å²) in [4.78, 5) is 17.3. The second-order valence-corrected chi connectivity index (χ2v) is 6.59. The van der Waals surface area contributed by atoms with E-state index < -0.39 is 0 Å². The minimum absolute atomic E-state index is 0.0433. The fraction of sp³-hybridized carbons (Fsp3) is 0.421. The second-order valence-electron chi connectivity index (χ2n) is 6.59. The van der Waals surface area contributed by atoms with Crippen LogP contribution in [0.25, 0.3) is 0 Å². The Balaban J connectivity index is 1.67. The summed E-state index contributed by atoms with van der Waals surface area (Å²) in [5.41, 5.74) is 2.32. The van der Waals surface area contributed by atoms with Crippen molar-refractivity contribution in [1.82, 2.24) is 14.4 Å². The van der Waals surface area contributed by atoms with Crippen LogP contribution in [0.5, 0.6) is 0 Å². The summed E-state index contributed by atoms with van der Waals surface area (Å²) in [6, 6.07) is 14.4. The van der Waals surface area contributed by atoms with Gasteiger partial charge >= 0.3 is 0 Å². The van der Waals surface area contributed by atoms with E-state index in [-0.39, 0.29) is 18.1 Å². The zero-order valence-corrected chi connectivity index (χ0v) is 14.0. The maximum atomic E-state index is 13.2. The number of morpholine rings is 1. The first kappa shape index (κ1) is 15.4. The standard InChI is InChI=1S/C19H23N3O2/c1-20-12-13-24-17(14-20)19(23)22-11-10-21-9-5-8-16(21)18(22)15-6-3-2-4-7-15/h2-9,17-18H,10-14H2,1H3/t17-,18+/m0/s1. The third-order valence-corrected chi connectivity index (χ3v) is 4.98. The summed E-state index contributed by atoms with van der Waals surface area (Å²) in [5.74, 6) is 0.0999. The molecule has 0 aliphatic carbocycles. The number of carbonyl (C=O) groups excluding carboxylic acids is 1. The van der Waals surface area contributed by atoms with E-state index in [0.29, 0.717) is 19.7 Å². The Labute approximate surface area is 142 Å². The number of amides is 1. The number of carbonyl (C=O) groups is 1. The highest BCUT2D eigenvalue weighted by atomic mass is 16.5. The molecule has 2 aromatic rings. The van der Waals surface area contributed by atoms with E-state index >= 15 is 0 Å². The molecule has 126 valence electrons. The maximum Gasteiger partial charge on any atom is 0.253 e. The lowest BCUT2D eigenvalue weighted by molar-refractivity contribution is -0.151. The third kappa shape index (κ3) is 2.74. The quantitative estimate of drug-likeness (QED) is 0.844. The van der Waals surface area contributed by atoms with Crippen LogP contribution >= 0.6 is 0 Å². The second kappa shape index (κ2) is 6.42. The molecule has 5 heteroatoms. The Morgan fingerprint density at radius 3 is 2.71 bits per heavy atom. The summed E-state index contributed by atoms with van der Waals surface area (Å²) in [5, 5.41) is 0. The Hall–Kier alpha value is -2.11. The normalized spacial score (nSPS) is 24.6. The summed E-state index contributed by atoms with van der Waals surface area (Å²) in [7, 11) is 2.04. The SMILES string of the molecule is CN1CCO[C@H](C(=O)N2CCn3cccc3[C@H]2c2ccccc2)C1. The minimum atomic E-state index is -0.364. The molecule has 2 aliphatic rings. The molecule has 4 rings (SSSR count). The molecular weight excluding hydrogens is 302 g/mol. The first-order chi connectivity index (χ1) is 11.7. The van der Waals surface area contributed by atoms with E-state index in [1.54, 1.807) is 0 Å². The van der Waals surface area contributed by atoms with Gasteiger partial charge in [-0.1, -0.05) is 30.3 Å². The fourth-order valence-electron chi connectivity index (χ4n) is 3.72. The van der Waals surface area contributed by atoms with Gasteiger partial charge in [0.25, 0.3) is 5.91 Å². The highest BCUT2D eigenvalue weighted by molar-refractivity contribution is 5.82. The zero-order valence-electron chi connectivity index (χ0n) is 14.0. The van der Waals surface area contributed by atoms with Gasteiger partial charge in [0.05, 0.1) is 12.6 Å². The molecular formula is C19H23N3O2. The summed E-state index contributed by atoms with van der Waals surface area (Å²) in [6.07, 6.45) is 1.73. The number of hydrogen-bond acceptors (Lipinski definition) is 3. The Morgan fingerprint density at radius 2 is 1.92 bits per heavy atom. The van der Waals surface area contributed by atoms with Crippen LogP contribution in [0.3, 0.4) is 0 Å². The summed E-state index contributed by atoms with van der Waals surface area (Å²) < 4.78 is 8.02. The van der Waals surface area contributed by atoms with E-state index in [2.05, 4.69) is 39.9 Å². The molecule has 0 saturated carbocycles. The van der Waals surface area contributed by atoms with Crippen molar-refractivity contribution in [3.05, 3.63) is 59.9 Å². The molecule has 2 aliphatic heterocycles. The molecule has 24 heavy (non-hydrogen) atoms. The molecule has 5 nitrogen and oxygen atoms in total. The average molecular weight is 325 g/mol. The number of hydrogen-bond donors (Lipinski definition) is 0. The molecule has 1 aromatic heterocycles. The van der Waals surface area contributed by atoms with Gasteiger partial charge in [0.1, 0.15) is 6.10 Å². The third-order valence-electron chi connectivity index (χ3n) is 4.98. The van der Waals surface area contributed by atoms with E-state index in [1.807, 2.05) is 30.1 Å². The molecule has 0 N–H and O–H groups in total. The van der Waals surface area contributed by atoms with Gasteiger partial charge in [0.2, 0.25) is 0 Å². The van der Waals surface area contributed by atoms with E-state index in [4.69, 9.17) is 4.74 Å². The van der Waals surface area contributed by atoms with Crippen LogP contribution in [0, 0.1) is 0 Å². The van der Waals surface area contributed by atoms with Gasteiger partial charge in [-0.05, 0) is 24.7 Å². The lowest BCUT2D eigenvalue weighted by atomic mass is 9.99. The van der Waals surface area contributed by atoms with Crippen LogP contribution in [-0.2, 0) is 16.1 Å². The largest absolute Gasteiger partial charge is 0.366 e. The number of likely N-dealkylation sites (N-methyl/N-ethyl adjacent to an activating group) is 1. The molecule has 0 bridgehead atoms. The van der Waals surface area contributed by atoms with Gasteiger partial charge in [-0.15, -0.1) is 0 Å². The molecule has 1 saturated heterocycles. The number of ether oxygens (including phenoxy) is 1. The van der Waals surface area contributed by atoms with Crippen molar-refractivity contribution >= 4 is 5.91 Å². The van der Waals surface area contributed by atoms with Crippen LogP contribution in [0.15, 0.2) is 48.7 Å². The predicted molar refractivity (Wildman–Crippen MR) is 91.7 cm³/mol. The first-order valence-electron chi connectivity index (χ1n) is 8.54. The van der Waals surface area contributed by atoms with Crippen LogP contribution in [0.4, 0.5) is 0 Å². The van der Waals surface area contributed by atoms with Crippen LogP contribution in [0.2, 0.25) is 0 Å². The molecule has 0 unspecified atom stereocenters. The first-order valence-corrected chi connectivity index (χ1v) is 8.54. The van der Waals surface area contributed by atoms with E-state index in [9.17, 15) is 4.79 Å². The van der Waals surface area contributed by atoms with Crippen molar-refractivity contribution in [3.63, 3.8) is 0 Å². The van der Waals surface area contributed by atoms with Crippen LogP contribution in [-0.4, -0.2) is 59.7 Å². The van der Waals surface area contributed by atoms with Gasteiger partial charge in [0.15, 0.2) is 0 Å². The number of fused-ring (bicyclic) bond motifs is 1. The van der Waals surface area contributed by atoms with Gasteiger partial charge in [0, 0.05) is 38.1 Å². The lowest BCUT2D eigenvalue weighted by Crippen LogP contribution is -2.52. The Morgan fingerprint density at radius 1 is 1.08 bits per heavy atom. The smallest absolute Gasteiger partial charge is 0.253 e. The van der Waals surface area contributed by atoms with Gasteiger partial charge in [-0.2, -0.15) is 0 Å². The lowest BCUT2D eigenvalue weighted by Gasteiger charge is -2.40. The molecule has 2 atom stereocenters. The number of rotatable bonds is 2. The van der Waals surface area contributed by atoms with Crippen molar-refractivity contribution in [2.75, 3.05) is 33.3 Å². The van der Waals surface area contributed by atoms with Crippen molar-refractivity contribution in [1.29, 1.82) is 0 Å². The van der Waals surface area contributed by atoms with Crippen LogP contribution < -0.4 is 0 Å². The number of nitrogens with zero attached hydrogens (tertiary/aromatic N) is 3. The van der Waals surface area contributed by atoms with Crippen molar-refractivity contribution in [2.24, 2.45) is 0 Å². The Kier molecular flexibility index (Phi) is 4.12. The van der Waals surface area contributed by atoms with Crippen molar-refractivity contribution < 1.29 is 9.53 Å². The molecule has 3 heterocycles. The van der Waals surface area contributed by atoms with E-state index in [1.165, 1.54) is 5.69 Å². The van der Waals surface area contributed by atoms with E-state index in [0.717, 1.165) is 18.7 Å². The van der Waals surface area contributed by atoms with Crippen LogP contribution in [0.1, 0.15) is 17.3 Å². The monoisotopic (exact) mass is 325 g/mol. The number of benzene rings is 1. The highest BCUT2D eigenvalue weighted by Gasteiger charge is 2.37.